The van der Waals surface area contributed by atoms with E-state index in [9.17, 15) is 19.5 Å². The molecule has 3 rings (SSSR count). The first-order valence-corrected chi connectivity index (χ1v) is 12.2. The van der Waals surface area contributed by atoms with E-state index in [2.05, 4.69) is 28.6 Å². The van der Waals surface area contributed by atoms with E-state index in [-0.39, 0.29) is 17.2 Å². The van der Waals surface area contributed by atoms with E-state index >= 15 is 0 Å². The van der Waals surface area contributed by atoms with E-state index in [0.29, 0.717) is 42.0 Å². The standard InChI is InChI=1S/C23H27N3O4S2/c1-32-10-9-19(23(29)30)26-21(27)17-8-7-15(11-18(17)14-5-3-2-4-6-14)25-22(28)20-12-16(31)13-24-20/h2-8,11,16,19-20,24,31H,9-10,12-13H2,1H3,(H,25,28)(H,26,27)(H,29,30)/t16-,19-,20-/m0/s1. The quantitative estimate of drug-likeness (QED) is 0.359. The molecule has 0 saturated carbocycles. The fourth-order valence-corrected chi connectivity index (χ4v) is 4.34. The highest BCUT2D eigenvalue weighted by atomic mass is 32.2. The van der Waals surface area contributed by atoms with Crippen molar-refractivity contribution in [2.75, 3.05) is 23.9 Å². The van der Waals surface area contributed by atoms with E-state index in [1.807, 2.05) is 36.6 Å². The van der Waals surface area contributed by atoms with E-state index < -0.39 is 17.9 Å². The van der Waals surface area contributed by atoms with Gasteiger partial charge in [0.2, 0.25) is 5.91 Å². The van der Waals surface area contributed by atoms with Crippen LogP contribution in [-0.4, -0.2) is 58.8 Å². The Morgan fingerprint density at radius 1 is 1.22 bits per heavy atom. The summed E-state index contributed by atoms with van der Waals surface area (Å²) < 4.78 is 0. The monoisotopic (exact) mass is 473 g/mol. The van der Waals surface area contributed by atoms with Crippen LogP contribution in [0.3, 0.4) is 0 Å². The van der Waals surface area contributed by atoms with Gasteiger partial charge in [-0.3, -0.25) is 9.59 Å². The predicted molar refractivity (Wildman–Crippen MR) is 132 cm³/mol. The normalized spacial score (nSPS) is 18.7. The zero-order valence-corrected chi connectivity index (χ0v) is 19.4. The molecule has 0 bridgehead atoms. The molecule has 0 aliphatic carbocycles. The molecular formula is C23H27N3O4S2. The Kier molecular flexibility index (Phi) is 8.60. The second kappa shape index (κ2) is 11.4. The van der Waals surface area contributed by atoms with Crippen LogP contribution in [0.25, 0.3) is 11.1 Å². The summed E-state index contributed by atoms with van der Waals surface area (Å²) in [5, 5.41) is 18.3. The molecule has 1 fully saturated rings. The average Bonchev–Trinajstić information content (AvgIpc) is 3.23. The fraction of sp³-hybridized carbons (Fsp3) is 0.348. The average molecular weight is 474 g/mol. The molecule has 9 heteroatoms. The van der Waals surface area contributed by atoms with E-state index in [0.717, 1.165) is 5.56 Å². The van der Waals surface area contributed by atoms with Crippen LogP contribution in [0.15, 0.2) is 48.5 Å². The van der Waals surface area contributed by atoms with Gasteiger partial charge >= 0.3 is 5.97 Å². The minimum absolute atomic E-state index is 0.144. The summed E-state index contributed by atoms with van der Waals surface area (Å²) >= 11 is 5.93. The first-order chi connectivity index (χ1) is 15.4. The molecule has 0 radical (unpaired) electrons. The van der Waals surface area contributed by atoms with Crippen LogP contribution in [0.4, 0.5) is 5.69 Å². The molecule has 170 valence electrons. The third-order valence-corrected chi connectivity index (χ3v) is 6.29. The number of rotatable bonds is 9. The highest BCUT2D eigenvalue weighted by Crippen LogP contribution is 2.28. The molecule has 1 saturated heterocycles. The maximum absolute atomic E-state index is 13.0. The van der Waals surface area contributed by atoms with Crippen LogP contribution in [0.5, 0.6) is 0 Å². The van der Waals surface area contributed by atoms with Gasteiger partial charge in [-0.1, -0.05) is 30.3 Å². The number of carbonyl (C=O) groups is 3. The zero-order valence-electron chi connectivity index (χ0n) is 17.7. The molecule has 7 nitrogen and oxygen atoms in total. The molecule has 1 heterocycles. The van der Waals surface area contributed by atoms with Gasteiger partial charge in [0.1, 0.15) is 6.04 Å². The maximum Gasteiger partial charge on any atom is 0.326 e. The number of carbonyl (C=O) groups excluding carboxylic acids is 2. The Balaban J connectivity index is 1.86. The van der Waals surface area contributed by atoms with Crippen molar-refractivity contribution in [1.82, 2.24) is 10.6 Å². The number of nitrogens with one attached hydrogen (secondary N) is 3. The lowest BCUT2D eigenvalue weighted by molar-refractivity contribution is -0.139. The molecule has 3 atom stereocenters. The molecule has 4 N–H and O–H groups in total. The molecular weight excluding hydrogens is 446 g/mol. The minimum atomic E-state index is -1.07. The van der Waals surface area contributed by atoms with Crippen molar-refractivity contribution in [3.05, 3.63) is 54.1 Å². The number of amides is 2. The van der Waals surface area contributed by atoms with Gasteiger partial charge in [0, 0.05) is 23.0 Å². The lowest BCUT2D eigenvalue weighted by atomic mass is 9.98. The third-order valence-electron chi connectivity index (χ3n) is 5.25. The van der Waals surface area contributed by atoms with Crippen LogP contribution in [0.2, 0.25) is 0 Å². The van der Waals surface area contributed by atoms with Gasteiger partial charge in [0.25, 0.3) is 5.91 Å². The van der Waals surface area contributed by atoms with Crippen LogP contribution in [0.1, 0.15) is 23.2 Å². The van der Waals surface area contributed by atoms with Gasteiger partial charge in [0.15, 0.2) is 0 Å². The van der Waals surface area contributed by atoms with Gasteiger partial charge in [-0.05, 0) is 54.2 Å². The van der Waals surface area contributed by atoms with Crippen molar-refractivity contribution in [3.63, 3.8) is 0 Å². The second-order valence-electron chi connectivity index (χ2n) is 7.61. The lowest BCUT2D eigenvalue weighted by Gasteiger charge is -2.17. The largest absolute Gasteiger partial charge is 0.480 e. The van der Waals surface area contributed by atoms with E-state index in [1.165, 1.54) is 11.8 Å². The Morgan fingerprint density at radius 2 is 1.97 bits per heavy atom. The number of thiol groups is 1. The van der Waals surface area contributed by atoms with Crippen molar-refractivity contribution >= 4 is 47.9 Å². The molecule has 0 aromatic heterocycles. The highest BCUT2D eigenvalue weighted by molar-refractivity contribution is 7.98. The van der Waals surface area contributed by atoms with Gasteiger partial charge in [0.05, 0.1) is 6.04 Å². The number of carboxylic acid groups (broad SMARTS) is 1. The first kappa shape index (κ1) is 24.2. The summed E-state index contributed by atoms with van der Waals surface area (Å²) in [6.45, 7) is 0.677. The van der Waals surface area contributed by atoms with Crippen molar-refractivity contribution in [1.29, 1.82) is 0 Å². The lowest BCUT2D eigenvalue weighted by Crippen LogP contribution is -2.41. The second-order valence-corrected chi connectivity index (χ2v) is 9.33. The highest BCUT2D eigenvalue weighted by Gasteiger charge is 2.28. The number of hydrogen-bond acceptors (Lipinski definition) is 6. The molecule has 32 heavy (non-hydrogen) atoms. The molecule has 0 unspecified atom stereocenters. The van der Waals surface area contributed by atoms with Crippen molar-refractivity contribution in [2.45, 2.75) is 30.2 Å². The summed E-state index contributed by atoms with van der Waals surface area (Å²) in [6, 6.07) is 13.0. The summed E-state index contributed by atoms with van der Waals surface area (Å²) in [5.74, 6) is -1.06. The van der Waals surface area contributed by atoms with E-state index in [4.69, 9.17) is 0 Å². The number of thioether (sulfide) groups is 1. The van der Waals surface area contributed by atoms with E-state index in [1.54, 1.807) is 18.2 Å². The zero-order chi connectivity index (χ0) is 23.1. The topological polar surface area (TPSA) is 108 Å². The first-order valence-electron chi connectivity index (χ1n) is 10.3. The maximum atomic E-state index is 13.0. The third kappa shape index (κ3) is 6.27. The summed E-state index contributed by atoms with van der Waals surface area (Å²) in [7, 11) is 0. The van der Waals surface area contributed by atoms with Gasteiger partial charge in [-0.2, -0.15) is 24.4 Å². The Morgan fingerprint density at radius 3 is 2.59 bits per heavy atom. The number of aliphatic carboxylic acids is 1. The van der Waals surface area contributed by atoms with Crippen LogP contribution in [0, 0.1) is 0 Å². The Bertz CT molecular complexity index is 971. The molecule has 2 amide bonds. The molecule has 2 aromatic rings. The Hall–Kier alpha value is -2.49. The minimum Gasteiger partial charge on any atom is -0.480 e. The van der Waals surface area contributed by atoms with Crippen LogP contribution in [-0.2, 0) is 9.59 Å². The van der Waals surface area contributed by atoms with Crippen molar-refractivity contribution in [3.8, 4) is 11.1 Å². The molecule has 2 aromatic carbocycles. The smallest absolute Gasteiger partial charge is 0.326 e. The van der Waals surface area contributed by atoms with Gasteiger partial charge in [-0.25, -0.2) is 4.79 Å². The van der Waals surface area contributed by atoms with Gasteiger partial charge in [-0.15, -0.1) is 0 Å². The van der Waals surface area contributed by atoms with Gasteiger partial charge < -0.3 is 21.1 Å². The number of benzene rings is 2. The molecule has 1 aliphatic rings. The predicted octanol–water partition coefficient (Wildman–Crippen LogP) is 2.89. The number of anilines is 1. The molecule has 1 aliphatic heterocycles. The SMILES string of the molecule is CSCC[C@H](NC(=O)c1ccc(NC(=O)[C@@H]2C[C@H](S)CN2)cc1-c1ccccc1)C(=O)O. The number of hydrogen-bond donors (Lipinski definition) is 5. The van der Waals surface area contributed by atoms with Crippen LogP contribution < -0.4 is 16.0 Å². The Labute approximate surface area is 197 Å². The summed E-state index contributed by atoms with van der Waals surface area (Å²) in [4.78, 5) is 37.2. The summed E-state index contributed by atoms with van der Waals surface area (Å²) in [6.07, 6.45) is 2.87. The van der Waals surface area contributed by atoms with Crippen LogP contribution >= 0.6 is 24.4 Å². The number of carboxylic acids is 1. The molecule has 0 spiro atoms. The van der Waals surface area contributed by atoms with Crippen molar-refractivity contribution in [2.24, 2.45) is 0 Å². The van der Waals surface area contributed by atoms with Crippen molar-refractivity contribution < 1.29 is 19.5 Å². The summed E-state index contributed by atoms with van der Waals surface area (Å²) in [5.41, 5.74) is 2.31. The fourth-order valence-electron chi connectivity index (χ4n) is 3.55.